The molecule has 0 aliphatic carbocycles. The Morgan fingerprint density at radius 3 is 2.27 bits per heavy atom. The lowest BCUT2D eigenvalue weighted by molar-refractivity contribution is 0.445. The molecule has 1 nitrogen and oxygen atoms in total. The summed E-state index contributed by atoms with van der Waals surface area (Å²) in [5.41, 5.74) is 3.61. The van der Waals surface area contributed by atoms with Gasteiger partial charge in [-0.15, -0.1) is 0 Å². The number of aryl methyl sites for hydroxylation is 2. The molecular weight excluding hydrogens is 184 g/mol. The highest BCUT2D eigenvalue weighted by molar-refractivity contribution is 5.44. The van der Waals surface area contributed by atoms with E-state index in [1.165, 1.54) is 11.1 Å². The molecule has 0 aliphatic heterocycles. The van der Waals surface area contributed by atoms with E-state index in [0.29, 0.717) is 5.75 Å². The number of hydrogen-bond donors (Lipinski definition) is 1. The summed E-state index contributed by atoms with van der Waals surface area (Å²) in [5.74, 6) is 0.441. The minimum Gasteiger partial charge on any atom is -0.508 e. The van der Waals surface area contributed by atoms with E-state index in [9.17, 15) is 5.11 Å². The van der Waals surface area contributed by atoms with E-state index in [4.69, 9.17) is 0 Å². The van der Waals surface area contributed by atoms with Gasteiger partial charge in [-0.1, -0.05) is 40.2 Å². The molecule has 0 saturated heterocycles. The molecule has 0 amide bonds. The van der Waals surface area contributed by atoms with Gasteiger partial charge in [0.05, 0.1) is 0 Å². The fourth-order valence-corrected chi connectivity index (χ4v) is 1.88. The third-order valence-electron chi connectivity index (χ3n) is 2.78. The van der Waals surface area contributed by atoms with Crippen LogP contribution < -0.4 is 0 Å². The zero-order chi connectivity index (χ0) is 11.6. The predicted octanol–water partition coefficient (Wildman–Crippen LogP) is 3.95. The Balaban J connectivity index is 3.20. The molecule has 0 aliphatic rings. The van der Waals surface area contributed by atoms with Crippen molar-refractivity contribution in [3.8, 4) is 5.75 Å². The first-order valence-electron chi connectivity index (χ1n) is 5.69. The summed E-state index contributed by atoms with van der Waals surface area (Å²) in [6.07, 6.45) is 2.17. The van der Waals surface area contributed by atoms with Crippen molar-refractivity contribution in [3.05, 3.63) is 28.8 Å². The Kier molecular flexibility index (Phi) is 3.43. The first-order chi connectivity index (χ1) is 6.86. The highest BCUT2D eigenvalue weighted by Crippen LogP contribution is 2.33. The van der Waals surface area contributed by atoms with E-state index >= 15 is 0 Å². The molecule has 1 aromatic carbocycles. The molecule has 0 saturated carbocycles. The molecule has 0 atom stereocenters. The first-order valence-corrected chi connectivity index (χ1v) is 5.69. The fraction of sp³-hybridized carbons (Fsp3) is 0.571. The van der Waals surface area contributed by atoms with Gasteiger partial charge in [0.1, 0.15) is 5.75 Å². The molecule has 0 radical (unpaired) electrons. The van der Waals surface area contributed by atoms with Gasteiger partial charge in [-0.05, 0) is 41.5 Å². The smallest absolute Gasteiger partial charge is 0.119 e. The van der Waals surface area contributed by atoms with Crippen molar-refractivity contribution in [2.24, 2.45) is 0 Å². The van der Waals surface area contributed by atoms with Crippen LogP contribution in [0.4, 0.5) is 0 Å². The fourth-order valence-electron chi connectivity index (χ4n) is 1.88. The summed E-state index contributed by atoms with van der Waals surface area (Å²) in [7, 11) is 0. The van der Waals surface area contributed by atoms with Gasteiger partial charge < -0.3 is 5.11 Å². The highest BCUT2D eigenvalue weighted by Gasteiger charge is 2.19. The van der Waals surface area contributed by atoms with Gasteiger partial charge in [0.15, 0.2) is 0 Å². The van der Waals surface area contributed by atoms with Crippen molar-refractivity contribution < 1.29 is 5.11 Å². The van der Waals surface area contributed by atoms with E-state index in [1.807, 2.05) is 6.07 Å². The Labute approximate surface area is 93.1 Å². The second-order valence-corrected chi connectivity index (χ2v) is 5.30. The van der Waals surface area contributed by atoms with Crippen molar-refractivity contribution in [3.63, 3.8) is 0 Å². The molecule has 0 spiro atoms. The van der Waals surface area contributed by atoms with Gasteiger partial charge in [0.25, 0.3) is 0 Å². The van der Waals surface area contributed by atoms with Crippen LogP contribution >= 0.6 is 0 Å². The molecule has 1 heteroatoms. The summed E-state index contributed by atoms with van der Waals surface area (Å²) < 4.78 is 0. The highest BCUT2D eigenvalue weighted by atomic mass is 16.3. The number of aromatic hydroxyl groups is 1. The van der Waals surface area contributed by atoms with Gasteiger partial charge in [0.2, 0.25) is 0 Å². The number of hydrogen-bond acceptors (Lipinski definition) is 1. The quantitative estimate of drug-likeness (QED) is 0.776. The van der Waals surface area contributed by atoms with Crippen LogP contribution in [0.2, 0.25) is 0 Å². The zero-order valence-corrected chi connectivity index (χ0v) is 10.5. The predicted molar refractivity (Wildman–Crippen MR) is 65.5 cm³/mol. The average Bonchev–Trinajstić information content (AvgIpc) is 2.09. The molecule has 84 valence electrons. The Morgan fingerprint density at radius 1 is 1.20 bits per heavy atom. The van der Waals surface area contributed by atoms with Crippen LogP contribution in [0.1, 0.15) is 50.8 Å². The lowest BCUT2D eigenvalue weighted by Gasteiger charge is -2.22. The standard InChI is InChI=1S/C14H22O/c1-6-7-11-9-13(15)12(8-10(11)2)14(3,4)5/h8-9,15H,6-7H2,1-5H3. The van der Waals surface area contributed by atoms with Crippen LogP contribution in [0, 0.1) is 6.92 Å². The van der Waals surface area contributed by atoms with Gasteiger partial charge in [-0.25, -0.2) is 0 Å². The van der Waals surface area contributed by atoms with E-state index in [-0.39, 0.29) is 5.41 Å². The maximum absolute atomic E-state index is 9.98. The third-order valence-corrected chi connectivity index (χ3v) is 2.78. The van der Waals surface area contributed by atoms with Crippen molar-refractivity contribution in [2.75, 3.05) is 0 Å². The molecule has 0 aromatic heterocycles. The maximum Gasteiger partial charge on any atom is 0.119 e. The largest absolute Gasteiger partial charge is 0.508 e. The summed E-state index contributed by atoms with van der Waals surface area (Å²) in [5, 5.41) is 9.98. The molecule has 15 heavy (non-hydrogen) atoms. The third kappa shape index (κ3) is 2.74. The SMILES string of the molecule is CCCc1cc(O)c(C(C)(C)C)cc1C. The summed E-state index contributed by atoms with van der Waals surface area (Å²) >= 11 is 0. The van der Waals surface area contributed by atoms with Gasteiger partial charge >= 0.3 is 0 Å². The van der Waals surface area contributed by atoms with E-state index in [2.05, 4.69) is 40.7 Å². The minimum absolute atomic E-state index is 0.0135. The van der Waals surface area contributed by atoms with Crippen LogP contribution in [-0.4, -0.2) is 5.11 Å². The second-order valence-electron chi connectivity index (χ2n) is 5.30. The van der Waals surface area contributed by atoms with Crippen LogP contribution in [0.15, 0.2) is 12.1 Å². The summed E-state index contributed by atoms with van der Waals surface area (Å²) in [4.78, 5) is 0. The van der Waals surface area contributed by atoms with Gasteiger partial charge in [-0.2, -0.15) is 0 Å². The van der Waals surface area contributed by atoms with Crippen molar-refractivity contribution >= 4 is 0 Å². The first kappa shape index (κ1) is 12.1. The lowest BCUT2D eigenvalue weighted by atomic mass is 9.84. The van der Waals surface area contributed by atoms with Gasteiger partial charge in [-0.3, -0.25) is 0 Å². The molecular formula is C14H22O. The molecule has 1 aromatic rings. The lowest BCUT2D eigenvalue weighted by Crippen LogP contribution is -2.12. The average molecular weight is 206 g/mol. The number of phenolic OH excluding ortho intramolecular Hbond substituents is 1. The summed E-state index contributed by atoms with van der Waals surface area (Å²) in [6.45, 7) is 10.7. The van der Waals surface area contributed by atoms with E-state index in [0.717, 1.165) is 18.4 Å². The van der Waals surface area contributed by atoms with Crippen LogP contribution in [0.5, 0.6) is 5.75 Å². The molecule has 0 heterocycles. The van der Waals surface area contributed by atoms with Crippen LogP contribution in [-0.2, 0) is 11.8 Å². The number of rotatable bonds is 2. The van der Waals surface area contributed by atoms with Crippen LogP contribution in [0.25, 0.3) is 0 Å². The number of benzene rings is 1. The normalized spacial score (nSPS) is 11.8. The topological polar surface area (TPSA) is 20.2 Å². The zero-order valence-electron chi connectivity index (χ0n) is 10.5. The molecule has 0 fully saturated rings. The van der Waals surface area contributed by atoms with Gasteiger partial charge in [0, 0.05) is 0 Å². The van der Waals surface area contributed by atoms with E-state index in [1.54, 1.807) is 0 Å². The Bertz CT molecular complexity index is 345. The molecule has 0 unspecified atom stereocenters. The van der Waals surface area contributed by atoms with E-state index < -0.39 is 0 Å². The molecule has 0 bridgehead atoms. The maximum atomic E-state index is 9.98. The van der Waals surface area contributed by atoms with Crippen molar-refractivity contribution in [1.29, 1.82) is 0 Å². The summed E-state index contributed by atoms with van der Waals surface area (Å²) in [6, 6.07) is 4.06. The second kappa shape index (κ2) is 4.26. The number of phenols is 1. The Morgan fingerprint density at radius 2 is 1.80 bits per heavy atom. The monoisotopic (exact) mass is 206 g/mol. The molecule has 1 rings (SSSR count). The molecule has 1 N–H and O–H groups in total. The van der Waals surface area contributed by atoms with Crippen molar-refractivity contribution in [2.45, 2.75) is 52.9 Å². The minimum atomic E-state index is 0.0135. The van der Waals surface area contributed by atoms with Crippen molar-refractivity contribution in [1.82, 2.24) is 0 Å². The van der Waals surface area contributed by atoms with Crippen LogP contribution in [0.3, 0.4) is 0 Å². The Hall–Kier alpha value is -0.980.